The average molecular weight is 213 g/mol. The number of halogens is 2. The van der Waals surface area contributed by atoms with Crippen LogP contribution >= 0.6 is 0 Å². The molecule has 0 aliphatic rings. The van der Waals surface area contributed by atoms with E-state index in [2.05, 4.69) is 4.98 Å². The van der Waals surface area contributed by atoms with Crippen LogP contribution in [0.2, 0.25) is 0 Å². The Balaban J connectivity index is 3.41. The molecule has 0 unspecified atom stereocenters. The van der Waals surface area contributed by atoms with Gasteiger partial charge in [-0.25, -0.2) is 13.8 Å². The van der Waals surface area contributed by atoms with Gasteiger partial charge in [0.2, 0.25) is 5.88 Å². The molecule has 0 aliphatic carbocycles. The van der Waals surface area contributed by atoms with E-state index in [9.17, 15) is 8.78 Å². The van der Waals surface area contributed by atoms with E-state index < -0.39 is 12.1 Å². The lowest BCUT2D eigenvalue weighted by atomic mass is 10.1. The SMILES string of the molecule is COc1cc(CN)c(C#N)c(C(F)F)n1. The van der Waals surface area contributed by atoms with Crippen LogP contribution < -0.4 is 10.5 Å². The molecule has 80 valence electrons. The van der Waals surface area contributed by atoms with Crippen molar-refractivity contribution in [2.45, 2.75) is 13.0 Å². The third-order valence-corrected chi connectivity index (χ3v) is 1.85. The molecule has 2 N–H and O–H groups in total. The smallest absolute Gasteiger partial charge is 0.281 e. The minimum atomic E-state index is -2.82. The van der Waals surface area contributed by atoms with Gasteiger partial charge >= 0.3 is 0 Å². The van der Waals surface area contributed by atoms with Gasteiger partial charge in [-0.15, -0.1) is 0 Å². The highest BCUT2D eigenvalue weighted by molar-refractivity contribution is 5.44. The number of ether oxygens (including phenoxy) is 1. The summed E-state index contributed by atoms with van der Waals surface area (Å²) in [4.78, 5) is 3.52. The molecule has 1 aromatic rings. The van der Waals surface area contributed by atoms with E-state index in [1.165, 1.54) is 13.2 Å². The lowest BCUT2D eigenvalue weighted by Gasteiger charge is -2.08. The van der Waals surface area contributed by atoms with Crippen molar-refractivity contribution in [1.82, 2.24) is 4.98 Å². The Kier molecular flexibility index (Phi) is 3.52. The van der Waals surface area contributed by atoms with Gasteiger partial charge in [-0.05, 0) is 5.56 Å². The lowest BCUT2D eigenvalue weighted by Crippen LogP contribution is -2.06. The first-order valence-electron chi connectivity index (χ1n) is 4.10. The van der Waals surface area contributed by atoms with Crippen molar-refractivity contribution in [3.63, 3.8) is 0 Å². The van der Waals surface area contributed by atoms with Crippen LogP contribution in [0.1, 0.15) is 23.2 Å². The molecule has 0 saturated carbocycles. The molecule has 1 aromatic heterocycles. The fourth-order valence-electron chi connectivity index (χ4n) is 1.15. The summed E-state index contributed by atoms with van der Waals surface area (Å²) in [5.41, 5.74) is 4.89. The van der Waals surface area contributed by atoms with Gasteiger partial charge in [0.15, 0.2) is 0 Å². The van der Waals surface area contributed by atoms with E-state index in [0.717, 1.165) is 0 Å². The van der Waals surface area contributed by atoms with E-state index in [4.69, 9.17) is 15.7 Å². The quantitative estimate of drug-likeness (QED) is 0.822. The van der Waals surface area contributed by atoms with E-state index in [0.29, 0.717) is 5.56 Å². The van der Waals surface area contributed by atoms with Gasteiger partial charge in [-0.2, -0.15) is 5.26 Å². The van der Waals surface area contributed by atoms with Crippen molar-refractivity contribution in [1.29, 1.82) is 5.26 Å². The Morgan fingerprint density at radius 1 is 1.67 bits per heavy atom. The summed E-state index contributed by atoms with van der Waals surface area (Å²) in [5, 5.41) is 8.72. The normalized spacial score (nSPS) is 10.1. The van der Waals surface area contributed by atoms with Crippen molar-refractivity contribution in [3.05, 3.63) is 22.9 Å². The maximum atomic E-state index is 12.5. The van der Waals surface area contributed by atoms with Crippen LogP contribution in [0.3, 0.4) is 0 Å². The van der Waals surface area contributed by atoms with Crippen LogP contribution in [0.4, 0.5) is 8.78 Å². The van der Waals surface area contributed by atoms with Crippen molar-refractivity contribution in [2.24, 2.45) is 5.73 Å². The maximum Gasteiger partial charge on any atom is 0.281 e. The molecule has 4 nitrogen and oxygen atoms in total. The summed E-state index contributed by atoms with van der Waals surface area (Å²) in [7, 11) is 1.31. The number of rotatable bonds is 3. The number of nitrogens with zero attached hydrogens (tertiary/aromatic N) is 2. The maximum absolute atomic E-state index is 12.5. The van der Waals surface area contributed by atoms with Crippen LogP contribution in [0.15, 0.2) is 6.07 Å². The molecular formula is C9H9F2N3O. The van der Waals surface area contributed by atoms with Crippen molar-refractivity contribution < 1.29 is 13.5 Å². The predicted octanol–water partition coefficient (Wildman–Crippen LogP) is 1.36. The Morgan fingerprint density at radius 3 is 2.73 bits per heavy atom. The minimum Gasteiger partial charge on any atom is -0.481 e. The molecule has 0 amide bonds. The number of aromatic nitrogens is 1. The summed E-state index contributed by atoms with van der Waals surface area (Å²) >= 11 is 0. The zero-order chi connectivity index (χ0) is 11.4. The molecule has 0 radical (unpaired) electrons. The fourth-order valence-corrected chi connectivity index (χ4v) is 1.15. The molecule has 1 rings (SSSR count). The summed E-state index contributed by atoms with van der Waals surface area (Å²) in [5.74, 6) is 0.0322. The monoisotopic (exact) mass is 213 g/mol. The summed E-state index contributed by atoms with van der Waals surface area (Å²) in [6.07, 6.45) is -2.82. The number of hydrogen-bond donors (Lipinski definition) is 1. The van der Waals surface area contributed by atoms with Gasteiger partial charge in [0, 0.05) is 12.6 Å². The van der Waals surface area contributed by atoms with E-state index in [1.54, 1.807) is 6.07 Å². The van der Waals surface area contributed by atoms with Crippen LogP contribution in [0, 0.1) is 11.3 Å². The van der Waals surface area contributed by atoms with Crippen molar-refractivity contribution in [3.8, 4) is 11.9 Å². The molecular weight excluding hydrogens is 204 g/mol. The van der Waals surface area contributed by atoms with Gasteiger partial charge in [-0.3, -0.25) is 0 Å². The highest BCUT2D eigenvalue weighted by atomic mass is 19.3. The van der Waals surface area contributed by atoms with Gasteiger partial charge in [0.05, 0.1) is 12.7 Å². The second kappa shape index (κ2) is 4.66. The Hall–Kier alpha value is -1.74. The first kappa shape index (κ1) is 11.3. The zero-order valence-electron chi connectivity index (χ0n) is 8.00. The summed E-state index contributed by atoms with van der Waals surface area (Å²) in [6, 6.07) is 3.05. The molecule has 15 heavy (non-hydrogen) atoms. The standard InChI is InChI=1S/C9H9F2N3O/c1-15-7-2-5(3-12)6(4-13)8(14-7)9(10)11/h2,9H,3,12H2,1H3. The summed E-state index contributed by atoms with van der Waals surface area (Å²) in [6.45, 7) is -0.0124. The fraction of sp³-hybridized carbons (Fsp3) is 0.333. The molecule has 0 aromatic carbocycles. The lowest BCUT2D eigenvalue weighted by molar-refractivity contribution is 0.144. The molecule has 1 heterocycles. The van der Waals surface area contributed by atoms with Crippen LogP contribution in [-0.2, 0) is 6.54 Å². The number of nitriles is 1. The molecule has 6 heteroatoms. The van der Waals surface area contributed by atoms with Crippen LogP contribution in [0.5, 0.6) is 5.88 Å². The van der Waals surface area contributed by atoms with Gasteiger partial charge in [0.25, 0.3) is 6.43 Å². The first-order valence-corrected chi connectivity index (χ1v) is 4.10. The molecule has 0 saturated heterocycles. The minimum absolute atomic E-state index is 0.0124. The largest absolute Gasteiger partial charge is 0.481 e. The number of alkyl halides is 2. The zero-order valence-corrected chi connectivity index (χ0v) is 8.00. The van der Waals surface area contributed by atoms with Gasteiger partial charge in [0.1, 0.15) is 11.8 Å². The molecule has 0 spiro atoms. The van der Waals surface area contributed by atoms with Gasteiger partial charge in [-0.1, -0.05) is 0 Å². The molecule has 0 fully saturated rings. The summed E-state index contributed by atoms with van der Waals surface area (Å²) < 4.78 is 29.8. The van der Waals surface area contributed by atoms with Crippen molar-refractivity contribution >= 4 is 0 Å². The Bertz CT molecular complexity index is 401. The van der Waals surface area contributed by atoms with E-state index in [-0.39, 0.29) is 18.0 Å². The topological polar surface area (TPSA) is 71.9 Å². The number of hydrogen-bond acceptors (Lipinski definition) is 4. The van der Waals surface area contributed by atoms with E-state index >= 15 is 0 Å². The Morgan fingerprint density at radius 2 is 2.33 bits per heavy atom. The highest BCUT2D eigenvalue weighted by Gasteiger charge is 2.19. The van der Waals surface area contributed by atoms with Gasteiger partial charge < -0.3 is 10.5 Å². The van der Waals surface area contributed by atoms with E-state index in [1.807, 2.05) is 0 Å². The predicted molar refractivity (Wildman–Crippen MR) is 48.4 cm³/mol. The number of nitrogens with two attached hydrogens (primary N) is 1. The van der Waals surface area contributed by atoms with Crippen LogP contribution in [0.25, 0.3) is 0 Å². The van der Waals surface area contributed by atoms with Crippen LogP contribution in [-0.4, -0.2) is 12.1 Å². The molecule has 0 atom stereocenters. The Labute approximate surface area is 85.3 Å². The third-order valence-electron chi connectivity index (χ3n) is 1.85. The highest BCUT2D eigenvalue weighted by Crippen LogP contribution is 2.26. The first-order chi connectivity index (χ1) is 7.13. The second-order valence-electron chi connectivity index (χ2n) is 2.70. The third kappa shape index (κ3) is 2.19. The molecule has 0 aliphatic heterocycles. The second-order valence-corrected chi connectivity index (χ2v) is 2.70. The van der Waals surface area contributed by atoms with Crippen molar-refractivity contribution in [2.75, 3.05) is 7.11 Å². The number of methoxy groups -OCH3 is 1. The molecule has 0 bridgehead atoms. The average Bonchev–Trinajstić information content (AvgIpc) is 2.26. The number of pyridine rings is 1.